The molecule has 0 atom stereocenters. The van der Waals surface area contributed by atoms with E-state index in [1.165, 1.54) is 0 Å². The minimum Gasteiger partial charge on any atom is -0.493 e. The second-order valence-corrected chi connectivity index (χ2v) is 5.05. The summed E-state index contributed by atoms with van der Waals surface area (Å²) >= 11 is 0. The van der Waals surface area contributed by atoms with E-state index in [1.807, 2.05) is 13.8 Å². The van der Waals surface area contributed by atoms with Gasteiger partial charge in [-0.3, -0.25) is 4.79 Å². The Bertz CT molecular complexity index is 730. The Morgan fingerprint density at radius 2 is 1.48 bits per heavy atom. The fraction of sp³-hybridized carbons (Fsp3) is 0.316. The smallest absolute Gasteiger partial charge is 0.255 e. The highest BCUT2D eigenvalue weighted by molar-refractivity contribution is 6.04. The van der Waals surface area contributed by atoms with Gasteiger partial charge >= 0.3 is 0 Å². The first-order chi connectivity index (χ1) is 12.1. The fourth-order valence-corrected chi connectivity index (χ4v) is 2.31. The van der Waals surface area contributed by atoms with Crippen molar-refractivity contribution in [3.05, 3.63) is 42.0 Å². The summed E-state index contributed by atoms with van der Waals surface area (Å²) in [7, 11) is 3.11. The van der Waals surface area contributed by atoms with E-state index in [2.05, 4.69) is 5.32 Å². The Hall–Kier alpha value is -2.89. The van der Waals surface area contributed by atoms with Gasteiger partial charge in [0, 0.05) is 17.3 Å². The number of methoxy groups -OCH3 is 2. The summed E-state index contributed by atoms with van der Waals surface area (Å²) in [5.41, 5.74) is 1.08. The van der Waals surface area contributed by atoms with E-state index in [0.717, 1.165) is 0 Å². The summed E-state index contributed by atoms with van der Waals surface area (Å²) < 4.78 is 21.5. The van der Waals surface area contributed by atoms with Crippen molar-refractivity contribution < 1.29 is 23.7 Å². The third kappa shape index (κ3) is 4.56. The molecule has 1 N–H and O–H groups in total. The predicted molar refractivity (Wildman–Crippen MR) is 96.3 cm³/mol. The van der Waals surface area contributed by atoms with Crippen molar-refractivity contribution >= 4 is 11.6 Å². The lowest BCUT2D eigenvalue weighted by Gasteiger charge is -2.13. The quantitative estimate of drug-likeness (QED) is 0.789. The van der Waals surface area contributed by atoms with Crippen molar-refractivity contribution in [2.75, 3.05) is 32.8 Å². The van der Waals surface area contributed by atoms with Gasteiger partial charge in [0.2, 0.25) is 0 Å². The molecule has 2 aromatic rings. The number of nitrogens with one attached hydrogen (secondary N) is 1. The van der Waals surface area contributed by atoms with Crippen LogP contribution < -0.4 is 24.3 Å². The minimum absolute atomic E-state index is 0.253. The molecule has 2 aromatic carbocycles. The first-order valence-electron chi connectivity index (χ1n) is 8.05. The van der Waals surface area contributed by atoms with E-state index in [9.17, 15) is 4.79 Å². The van der Waals surface area contributed by atoms with Gasteiger partial charge < -0.3 is 24.3 Å². The number of hydrogen-bond donors (Lipinski definition) is 1. The van der Waals surface area contributed by atoms with Crippen LogP contribution in [-0.4, -0.2) is 33.3 Å². The zero-order valence-electron chi connectivity index (χ0n) is 14.9. The molecule has 0 radical (unpaired) electrons. The molecule has 0 aliphatic rings. The van der Waals surface area contributed by atoms with Crippen LogP contribution in [0.25, 0.3) is 0 Å². The molecule has 0 saturated heterocycles. The van der Waals surface area contributed by atoms with Crippen LogP contribution in [0.5, 0.6) is 23.0 Å². The van der Waals surface area contributed by atoms with Gasteiger partial charge in [0.25, 0.3) is 5.91 Å². The number of carbonyl (C=O) groups excluding carboxylic acids is 1. The maximum Gasteiger partial charge on any atom is 0.255 e. The van der Waals surface area contributed by atoms with Crippen molar-refractivity contribution in [3.63, 3.8) is 0 Å². The molecule has 0 saturated carbocycles. The zero-order chi connectivity index (χ0) is 18.2. The summed E-state index contributed by atoms with van der Waals surface area (Å²) in [6.45, 7) is 4.79. The monoisotopic (exact) mass is 345 g/mol. The third-order valence-corrected chi connectivity index (χ3v) is 3.45. The molecule has 6 heteroatoms. The number of ether oxygens (including phenoxy) is 4. The van der Waals surface area contributed by atoms with Gasteiger partial charge in [0.05, 0.1) is 27.4 Å². The number of carbonyl (C=O) groups is 1. The van der Waals surface area contributed by atoms with Gasteiger partial charge in [0.1, 0.15) is 0 Å². The molecule has 0 aliphatic heterocycles. The van der Waals surface area contributed by atoms with Crippen LogP contribution in [0.3, 0.4) is 0 Å². The largest absolute Gasteiger partial charge is 0.493 e. The van der Waals surface area contributed by atoms with Crippen molar-refractivity contribution in [1.82, 2.24) is 0 Å². The molecule has 2 rings (SSSR count). The lowest BCUT2D eigenvalue weighted by atomic mass is 10.1. The van der Waals surface area contributed by atoms with E-state index < -0.39 is 0 Å². The topological polar surface area (TPSA) is 66.0 Å². The fourth-order valence-electron chi connectivity index (χ4n) is 2.31. The Morgan fingerprint density at radius 3 is 2.12 bits per heavy atom. The number of anilines is 1. The first kappa shape index (κ1) is 18.4. The van der Waals surface area contributed by atoms with Crippen LogP contribution in [0.2, 0.25) is 0 Å². The van der Waals surface area contributed by atoms with Gasteiger partial charge in [-0.1, -0.05) is 0 Å². The normalized spacial score (nSPS) is 10.1. The Labute approximate surface area is 147 Å². The van der Waals surface area contributed by atoms with Gasteiger partial charge in [-0.15, -0.1) is 0 Å². The second-order valence-electron chi connectivity index (χ2n) is 5.05. The molecular weight excluding hydrogens is 322 g/mol. The van der Waals surface area contributed by atoms with Crippen molar-refractivity contribution in [3.8, 4) is 23.0 Å². The number of rotatable bonds is 8. The summed E-state index contributed by atoms with van der Waals surface area (Å²) in [4.78, 5) is 12.5. The average Bonchev–Trinajstić information content (AvgIpc) is 2.63. The number of hydrogen-bond acceptors (Lipinski definition) is 5. The number of amides is 1. The predicted octanol–water partition coefficient (Wildman–Crippen LogP) is 3.75. The highest BCUT2D eigenvalue weighted by Gasteiger charge is 2.13. The van der Waals surface area contributed by atoms with E-state index >= 15 is 0 Å². The van der Waals surface area contributed by atoms with Gasteiger partial charge in [0.15, 0.2) is 23.0 Å². The molecule has 1 amide bonds. The molecule has 0 aliphatic carbocycles. The zero-order valence-corrected chi connectivity index (χ0v) is 14.9. The SMILES string of the molecule is CCOc1ccc(C(=O)Nc2ccc(OC)c(OC)c2)cc1OCC. The summed E-state index contributed by atoms with van der Waals surface area (Å²) in [5, 5.41) is 2.83. The highest BCUT2D eigenvalue weighted by atomic mass is 16.5. The van der Waals surface area contributed by atoms with Gasteiger partial charge in [-0.25, -0.2) is 0 Å². The minimum atomic E-state index is -0.253. The summed E-state index contributed by atoms with van der Waals surface area (Å²) in [5.74, 6) is 2.05. The molecule has 0 unspecified atom stereocenters. The van der Waals surface area contributed by atoms with E-state index in [1.54, 1.807) is 50.6 Å². The van der Waals surface area contributed by atoms with Crippen LogP contribution in [-0.2, 0) is 0 Å². The highest BCUT2D eigenvalue weighted by Crippen LogP contribution is 2.31. The van der Waals surface area contributed by atoms with Crippen LogP contribution in [0, 0.1) is 0 Å². The molecule has 0 spiro atoms. The van der Waals surface area contributed by atoms with Crippen molar-refractivity contribution in [1.29, 1.82) is 0 Å². The summed E-state index contributed by atoms with van der Waals surface area (Å²) in [6, 6.07) is 10.3. The molecule has 0 bridgehead atoms. The van der Waals surface area contributed by atoms with Crippen LogP contribution >= 0.6 is 0 Å². The molecular formula is C19H23NO5. The maximum atomic E-state index is 12.5. The van der Waals surface area contributed by atoms with Crippen LogP contribution in [0.1, 0.15) is 24.2 Å². The van der Waals surface area contributed by atoms with Crippen molar-refractivity contribution in [2.24, 2.45) is 0 Å². The molecule has 25 heavy (non-hydrogen) atoms. The van der Waals surface area contributed by atoms with Crippen LogP contribution in [0.4, 0.5) is 5.69 Å². The molecule has 134 valence electrons. The Balaban J connectivity index is 2.21. The maximum absolute atomic E-state index is 12.5. The lowest BCUT2D eigenvalue weighted by molar-refractivity contribution is 0.102. The first-order valence-corrected chi connectivity index (χ1v) is 8.05. The Morgan fingerprint density at radius 1 is 0.840 bits per heavy atom. The standard InChI is InChI=1S/C19H23NO5/c1-5-24-16-9-7-13(11-18(16)25-6-2)19(21)20-14-8-10-15(22-3)17(12-14)23-4/h7-12H,5-6H2,1-4H3,(H,20,21). The van der Waals surface area contributed by atoms with Gasteiger partial charge in [-0.2, -0.15) is 0 Å². The molecule has 0 aromatic heterocycles. The molecule has 0 fully saturated rings. The average molecular weight is 345 g/mol. The second kappa shape index (κ2) is 8.82. The van der Waals surface area contributed by atoms with Gasteiger partial charge in [-0.05, 0) is 44.2 Å². The van der Waals surface area contributed by atoms with E-state index in [-0.39, 0.29) is 5.91 Å². The lowest BCUT2D eigenvalue weighted by Crippen LogP contribution is -2.12. The van der Waals surface area contributed by atoms with E-state index in [0.29, 0.717) is 47.5 Å². The molecule has 6 nitrogen and oxygen atoms in total. The third-order valence-electron chi connectivity index (χ3n) is 3.45. The number of benzene rings is 2. The summed E-state index contributed by atoms with van der Waals surface area (Å²) in [6.07, 6.45) is 0. The van der Waals surface area contributed by atoms with E-state index in [4.69, 9.17) is 18.9 Å². The molecule has 0 heterocycles. The Kier molecular flexibility index (Phi) is 6.51. The van der Waals surface area contributed by atoms with Crippen molar-refractivity contribution in [2.45, 2.75) is 13.8 Å². The van der Waals surface area contributed by atoms with Crippen LogP contribution in [0.15, 0.2) is 36.4 Å².